The van der Waals surface area contributed by atoms with Crippen molar-refractivity contribution in [2.45, 2.75) is 77.9 Å². The van der Waals surface area contributed by atoms with Gasteiger partial charge in [0.15, 0.2) is 0 Å². The van der Waals surface area contributed by atoms with Gasteiger partial charge >= 0.3 is 6.09 Å². The second-order valence-corrected chi connectivity index (χ2v) is 12.9. The van der Waals surface area contributed by atoms with Crippen LogP contribution in [0.1, 0.15) is 87.9 Å². The number of ketones is 1. The number of aryl methyl sites for hydroxylation is 1. The number of nitrogens with zero attached hydrogens (tertiary/aromatic N) is 7. The molecule has 1 amide bonds. The fourth-order valence-electron chi connectivity index (χ4n) is 4.90. The Kier molecular flexibility index (Phi) is 8.04. The first-order chi connectivity index (χ1) is 20.2. The molecule has 0 bridgehead atoms. The number of carbonyl (C=O) groups excluding carboxylic acids is 2. The molecular formula is C31H38N8O4. The number of ether oxygens (including phenoxy) is 1. The van der Waals surface area contributed by atoms with Crippen LogP contribution >= 0.6 is 0 Å². The monoisotopic (exact) mass is 586 g/mol. The average Bonchev–Trinajstić information content (AvgIpc) is 3.55. The van der Waals surface area contributed by atoms with Crippen molar-refractivity contribution in [3.63, 3.8) is 0 Å². The van der Waals surface area contributed by atoms with Crippen molar-refractivity contribution in [2.75, 3.05) is 11.9 Å². The first-order valence-corrected chi connectivity index (χ1v) is 14.3. The van der Waals surface area contributed by atoms with Gasteiger partial charge in [-0.25, -0.2) is 14.8 Å². The fourth-order valence-corrected chi connectivity index (χ4v) is 4.90. The summed E-state index contributed by atoms with van der Waals surface area (Å²) in [5, 5.41) is 11.3. The molecule has 1 atom stereocenters. The van der Waals surface area contributed by atoms with Gasteiger partial charge in [-0.3, -0.25) is 9.48 Å². The molecule has 1 aliphatic heterocycles. The first kappa shape index (κ1) is 29.9. The number of hydrogen-bond donors (Lipinski definition) is 1. The summed E-state index contributed by atoms with van der Waals surface area (Å²) in [5.41, 5.74) is 3.27. The lowest BCUT2D eigenvalue weighted by atomic mass is 9.87. The molecule has 5 rings (SSSR count). The lowest BCUT2D eigenvalue weighted by Crippen LogP contribution is -2.36. The molecule has 4 heterocycles. The Bertz CT molecular complexity index is 1630. The van der Waals surface area contributed by atoms with Crippen LogP contribution in [0.25, 0.3) is 11.3 Å². The van der Waals surface area contributed by atoms with Gasteiger partial charge in [0.1, 0.15) is 5.60 Å². The van der Waals surface area contributed by atoms with Crippen LogP contribution in [-0.4, -0.2) is 58.8 Å². The van der Waals surface area contributed by atoms with Gasteiger partial charge in [0.05, 0.1) is 17.6 Å². The van der Waals surface area contributed by atoms with Gasteiger partial charge in [-0.1, -0.05) is 38.1 Å². The van der Waals surface area contributed by atoms with Gasteiger partial charge in [-0.05, 0) is 56.4 Å². The predicted molar refractivity (Wildman–Crippen MR) is 160 cm³/mol. The smallest absolute Gasteiger partial charge is 0.410 e. The van der Waals surface area contributed by atoms with E-state index >= 15 is 0 Å². The van der Waals surface area contributed by atoms with Gasteiger partial charge in [0.25, 0.3) is 0 Å². The van der Waals surface area contributed by atoms with Crippen LogP contribution in [0.15, 0.2) is 47.4 Å². The lowest BCUT2D eigenvalue weighted by molar-refractivity contribution is 0.0235. The van der Waals surface area contributed by atoms with Crippen molar-refractivity contribution in [2.24, 2.45) is 7.05 Å². The van der Waals surface area contributed by atoms with Crippen LogP contribution in [0.3, 0.4) is 0 Å². The number of nitrogens with one attached hydrogen (secondary N) is 1. The number of anilines is 2. The van der Waals surface area contributed by atoms with Crippen molar-refractivity contribution in [1.29, 1.82) is 0 Å². The second kappa shape index (κ2) is 11.6. The zero-order chi connectivity index (χ0) is 30.9. The molecule has 12 heteroatoms. The number of amides is 1. The maximum Gasteiger partial charge on any atom is 0.410 e. The molecule has 4 aromatic rings. The molecule has 12 nitrogen and oxygen atoms in total. The number of hydrogen-bond acceptors (Lipinski definition) is 10. The zero-order valence-corrected chi connectivity index (χ0v) is 25.7. The van der Waals surface area contributed by atoms with Gasteiger partial charge < -0.3 is 19.5 Å². The van der Waals surface area contributed by atoms with Crippen LogP contribution in [-0.2, 0) is 23.7 Å². The summed E-state index contributed by atoms with van der Waals surface area (Å²) in [6.07, 6.45) is 5.59. The molecule has 1 N–H and O–H groups in total. The molecule has 226 valence electrons. The van der Waals surface area contributed by atoms with Crippen LogP contribution in [0.4, 0.5) is 16.4 Å². The number of carbonyl (C=O) groups is 2. The summed E-state index contributed by atoms with van der Waals surface area (Å²) in [7, 11) is 1.84. The SMILES string of the molecule is Cn1cc(Nc2nccc(-c3ccc4c(c3)CN(C(=O)OC(C)(C)C)CC[C@H]4CC(=O)c3noc(C(C)(C)C)n3)n2)cn1. The van der Waals surface area contributed by atoms with E-state index in [2.05, 4.69) is 25.5 Å². The minimum atomic E-state index is -0.633. The third-order valence-corrected chi connectivity index (χ3v) is 7.00. The van der Waals surface area contributed by atoms with E-state index in [1.165, 1.54) is 0 Å². The molecule has 1 aliphatic rings. The zero-order valence-electron chi connectivity index (χ0n) is 25.7. The van der Waals surface area contributed by atoms with Crippen molar-refractivity contribution in [3.8, 4) is 11.3 Å². The third kappa shape index (κ3) is 7.25. The molecular weight excluding hydrogens is 548 g/mol. The topological polar surface area (TPSA) is 141 Å². The Morgan fingerprint density at radius 1 is 1.12 bits per heavy atom. The predicted octanol–water partition coefficient (Wildman–Crippen LogP) is 5.80. The van der Waals surface area contributed by atoms with Crippen molar-refractivity contribution >= 4 is 23.5 Å². The van der Waals surface area contributed by atoms with Gasteiger partial charge in [0.2, 0.25) is 23.4 Å². The summed E-state index contributed by atoms with van der Waals surface area (Å²) in [4.78, 5) is 41.6. The number of benzene rings is 1. The first-order valence-electron chi connectivity index (χ1n) is 14.3. The highest BCUT2D eigenvalue weighted by atomic mass is 16.6. The van der Waals surface area contributed by atoms with Crippen molar-refractivity contribution in [3.05, 3.63) is 65.7 Å². The summed E-state index contributed by atoms with van der Waals surface area (Å²) in [6.45, 7) is 12.2. The normalized spacial score (nSPS) is 15.5. The Balaban J connectivity index is 1.45. The molecule has 0 spiro atoms. The largest absolute Gasteiger partial charge is 0.444 e. The third-order valence-electron chi connectivity index (χ3n) is 7.00. The van der Waals surface area contributed by atoms with Crippen LogP contribution in [0.2, 0.25) is 0 Å². The number of aromatic nitrogens is 6. The lowest BCUT2D eigenvalue weighted by Gasteiger charge is -2.26. The summed E-state index contributed by atoms with van der Waals surface area (Å²) in [5.74, 6) is 0.570. The van der Waals surface area contributed by atoms with Gasteiger partial charge in [-0.2, -0.15) is 10.1 Å². The maximum absolute atomic E-state index is 13.3. The Labute approximate surface area is 250 Å². The molecule has 0 radical (unpaired) electrons. The summed E-state index contributed by atoms with van der Waals surface area (Å²) < 4.78 is 12.8. The molecule has 0 fully saturated rings. The standard InChI is InChI=1S/C31H38N8O4/c1-30(2,3)27-36-26(37-43-27)25(40)15-19-11-13-39(29(41)42-31(4,5)6)17-21-14-20(8-9-23(19)21)24-10-12-32-28(35-24)34-22-16-33-38(7)18-22/h8-10,12,14,16,18-19H,11,13,15,17H2,1-7H3,(H,32,34,35)/t19-/m0/s1. The minimum absolute atomic E-state index is 0.0750. The van der Waals surface area contributed by atoms with E-state index < -0.39 is 11.7 Å². The average molecular weight is 587 g/mol. The molecule has 43 heavy (non-hydrogen) atoms. The van der Waals surface area contributed by atoms with E-state index in [4.69, 9.17) is 14.2 Å². The minimum Gasteiger partial charge on any atom is -0.444 e. The van der Waals surface area contributed by atoms with E-state index in [0.717, 1.165) is 22.4 Å². The number of rotatable bonds is 6. The number of fused-ring (bicyclic) bond motifs is 1. The summed E-state index contributed by atoms with van der Waals surface area (Å²) >= 11 is 0. The highest BCUT2D eigenvalue weighted by Gasteiger charge is 2.31. The Morgan fingerprint density at radius 3 is 2.58 bits per heavy atom. The second-order valence-electron chi connectivity index (χ2n) is 12.9. The molecule has 1 aromatic carbocycles. The van der Waals surface area contributed by atoms with E-state index in [0.29, 0.717) is 37.0 Å². The van der Waals surface area contributed by atoms with Crippen molar-refractivity contribution in [1.82, 2.24) is 34.8 Å². The quantitative estimate of drug-likeness (QED) is 0.276. The molecule has 0 aliphatic carbocycles. The summed E-state index contributed by atoms with van der Waals surface area (Å²) in [6, 6.07) is 7.87. The fraction of sp³-hybridized carbons (Fsp3) is 0.452. The molecule has 3 aromatic heterocycles. The van der Waals surface area contributed by atoms with Gasteiger partial charge in [-0.15, -0.1) is 0 Å². The van der Waals surface area contributed by atoms with Crippen molar-refractivity contribution < 1.29 is 18.8 Å². The maximum atomic E-state index is 13.3. The highest BCUT2D eigenvalue weighted by molar-refractivity contribution is 5.93. The van der Waals surface area contributed by atoms with Crippen LogP contribution < -0.4 is 5.32 Å². The molecule has 0 saturated carbocycles. The van der Waals surface area contributed by atoms with E-state index in [-0.39, 0.29) is 29.4 Å². The Hall–Kier alpha value is -4.61. The van der Waals surface area contributed by atoms with Crippen LogP contribution in [0, 0.1) is 0 Å². The van der Waals surface area contributed by atoms with E-state index in [9.17, 15) is 9.59 Å². The van der Waals surface area contributed by atoms with E-state index in [1.54, 1.807) is 22.0 Å². The van der Waals surface area contributed by atoms with E-state index in [1.807, 2.05) is 79.1 Å². The molecule has 0 unspecified atom stereocenters. The Morgan fingerprint density at radius 2 is 1.91 bits per heavy atom. The number of Topliss-reactive ketones (excluding diaryl/α,β-unsaturated/α-hetero) is 1. The molecule has 0 saturated heterocycles. The van der Waals surface area contributed by atoms with Gasteiger partial charge in [0, 0.05) is 49.9 Å². The van der Waals surface area contributed by atoms with Crippen LogP contribution in [0.5, 0.6) is 0 Å². The highest BCUT2D eigenvalue weighted by Crippen LogP contribution is 2.35.